The lowest BCUT2D eigenvalue weighted by Gasteiger charge is -2.24. The first-order valence-corrected chi connectivity index (χ1v) is 12.2. The summed E-state index contributed by atoms with van der Waals surface area (Å²) in [6.45, 7) is 0. The fourth-order valence-electron chi connectivity index (χ4n) is 4.66. The molecule has 1 amide bonds. The number of nitrogens with zero attached hydrogens (tertiary/aromatic N) is 6. The normalized spacial score (nSPS) is 13.6. The summed E-state index contributed by atoms with van der Waals surface area (Å²) in [5.41, 5.74) is 4.62. The molecule has 6 aromatic rings. The summed E-state index contributed by atoms with van der Waals surface area (Å²) in [5.74, 6) is -0.195. The fraction of sp³-hybridized carbons (Fsp3) is 0.148. The van der Waals surface area contributed by atoms with Gasteiger partial charge in [-0.05, 0) is 37.1 Å². The number of H-pyrrole nitrogens is 2. The number of aromatic nitrogens is 8. The molecule has 186 valence electrons. The van der Waals surface area contributed by atoms with Crippen molar-refractivity contribution in [3.63, 3.8) is 0 Å². The molecule has 1 saturated carbocycles. The number of hydrogen-bond donors (Lipinski definition) is 3. The summed E-state index contributed by atoms with van der Waals surface area (Å²) in [7, 11) is 0. The van der Waals surface area contributed by atoms with Crippen LogP contribution in [-0.2, 0) is 4.79 Å². The van der Waals surface area contributed by atoms with E-state index in [4.69, 9.17) is 4.98 Å². The molecule has 10 nitrogen and oxygen atoms in total. The van der Waals surface area contributed by atoms with Crippen LogP contribution in [0.3, 0.4) is 0 Å². The van der Waals surface area contributed by atoms with Crippen LogP contribution in [0.1, 0.15) is 19.3 Å². The average molecular weight is 506 g/mol. The van der Waals surface area contributed by atoms with Crippen LogP contribution in [0.2, 0.25) is 0 Å². The van der Waals surface area contributed by atoms with Crippen molar-refractivity contribution < 1.29 is 9.18 Å². The second kappa shape index (κ2) is 8.80. The molecule has 38 heavy (non-hydrogen) atoms. The Bertz CT molecular complexity index is 1830. The Morgan fingerprint density at radius 1 is 0.947 bits per heavy atom. The van der Waals surface area contributed by atoms with Crippen molar-refractivity contribution in [3.05, 3.63) is 67.3 Å². The quantitative estimate of drug-likeness (QED) is 0.303. The van der Waals surface area contributed by atoms with E-state index in [9.17, 15) is 4.79 Å². The molecule has 1 fully saturated rings. The molecule has 0 radical (unpaired) electrons. The van der Waals surface area contributed by atoms with Gasteiger partial charge in [0.05, 0.1) is 40.2 Å². The molecule has 0 aromatic carbocycles. The van der Waals surface area contributed by atoms with E-state index in [1.807, 2.05) is 12.1 Å². The number of anilines is 1. The SMILES string of the molecule is O=C(Nc1cncc(-c2ncc3[nH]nc(-c4nc5c(-c6cccnc6)nccc5[nH]4)c3c2F)c1)C1CCC1. The molecular weight excluding hydrogens is 485 g/mol. The molecule has 11 heteroatoms. The van der Waals surface area contributed by atoms with Crippen LogP contribution in [0.5, 0.6) is 0 Å². The number of hydrogen-bond acceptors (Lipinski definition) is 7. The Labute approximate surface area is 214 Å². The van der Waals surface area contributed by atoms with E-state index in [-0.39, 0.29) is 22.9 Å². The van der Waals surface area contributed by atoms with Crippen LogP contribution in [0, 0.1) is 11.7 Å². The number of amides is 1. The summed E-state index contributed by atoms with van der Waals surface area (Å²) in [6.07, 6.45) is 12.5. The summed E-state index contributed by atoms with van der Waals surface area (Å²) in [6, 6.07) is 7.21. The standard InChI is InChI=1S/C27H20FN9O/c28-21-20-19(13-32-22(21)16-9-17(12-30-11-16)33-27(38)14-3-1-4-14)36-37-25(20)26-34-18-6-8-31-23(24(18)35-26)15-5-2-7-29-10-15/h2,5-14H,1,3-4H2,(H,33,38)(H,34,35)(H,36,37). The number of aromatic amines is 2. The lowest BCUT2D eigenvalue weighted by molar-refractivity contribution is -0.122. The number of fused-ring (bicyclic) bond motifs is 2. The topological polar surface area (TPSA) is 138 Å². The molecule has 3 N–H and O–H groups in total. The van der Waals surface area contributed by atoms with Crippen molar-refractivity contribution in [2.75, 3.05) is 5.32 Å². The van der Waals surface area contributed by atoms with E-state index < -0.39 is 5.82 Å². The Morgan fingerprint density at radius 3 is 2.66 bits per heavy atom. The maximum absolute atomic E-state index is 16.0. The Balaban J connectivity index is 1.30. The van der Waals surface area contributed by atoms with Crippen LogP contribution in [0.15, 0.2) is 61.4 Å². The molecule has 0 unspecified atom stereocenters. The molecule has 1 aliphatic rings. The van der Waals surface area contributed by atoms with Gasteiger partial charge in [0, 0.05) is 41.8 Å². The van der Waals surface area contributed by atoms with Gasteiger partial charge in [0.1, 0.15) is 16.9 Å². The zero-order valence-electron chi connectivity index (χ0n) is 19.9. The molecule has 1 aliphatic carbocycles. The average Bonchev–Trinajstić information content (AvgIpc) is 3.53. The van der Waals surface area contributed by atoms with E-state index in [1.54, 1.807) is 36.9 Å². The van der Waals surface area contributed by atoms with E-state index in [0.29, 0.717) is 39.5 Å². The largest absolute Gasteiger partial charge is 0.336 e. The molecule has 0 saturated heterocycles. The Hall–Kier alpha value is -5.06. The third-order valence-electron chi connectivity index (χ3n) is 6.86. The summed E-state index contributed by atoms with van der Waals surface area (Å²) < 4.78 is 16.0. The minimum Gasteiger partial charge on any atom is -0.336 e. The van der Waals surface area contributed by atoms with Crippen LogP contribution < -0.4 is 5.32 Å². The molecule has 0 atom stereocenters. The second-order valence-corrected chi connectivity index (χ2v) is 9.24. The van der Waals surface area contributed by atoms with Crippen molar-refractivity contribution >= 4 is 33.5 Å². The number of carbonyl (C=O) groups excluding carboxylic acids is 1. The lowest BCUT2D eigenvalue weighted by atomic mass is 9.85. The third kappa shape index (κ3) is 3.67. The summed E-state index contributed by atoms with van der Waals surface area (Å²) in [5, 5.41) is 10.3. The number of halogens is 1. The minimum atomic E-state index is -0.568. The van der Waals surface area contributed by atoms with Gasteiger partial charge >= 0.3 is 0 Å². The molecule has 0 bridgehead atoms. The van der Waals surface area contributed by atoms with Crippen molar-refractivity contribution in [3.8, 4) is 34.0 Å². The Kier molecular flexibility index (Phi) is 5.13. The van der Waals surface area contributed by atoms with Crippen LogP contribution in [0.25, 0.3) is 56.0 Å². The highest BCUT2D eigenvalue weighted by molar-refractivity contribution is 5.97. The Morgan fingerprint density at radius 2 is 1.84 bits per heavy atom. The monoisotopic (exact) mass is 505 g/mol. The minimum absolute atomic E-state index is 0.0241. The summed E-state index contributed by atoms with van der Waals surface area (Å²) in [4.78, 5) is 37.5. The molecule has 6 aromatic heterocycles. The number of imidazole rings is 1. The lowest BCUT2D eigenvalue weighted by Crippen LogP contribution is -2.28. The van der Waals surface area contributed by atoms with Crippen molar-refractivity contribution in [2.45, 2.75) is 19.3 Å². The summed E-state index contributed by atoms with van der Waals surface area (Å²) >= 11 is 0. The smallest absolute Gasteiger partial charge is 0.227 e. The highest BCUT2D eigenvalue weighted by Crippen LogP contribution is 2.34. The van der Waals surface area contributed by atoms with Gasteiger partial charge in [0.25, 0.3) is 0 Å². The van der Waals surface area contributed by atoms with Crippen molar-refractivity contribution in [2.24, 2.45) is 5.92 Å². The van der Waals surface area contributed by atoms with Gasteiger partial charge < -0.3 is 10.3 Å². The van der Waals surface area contributed by atoms with Gasteiger partial charge in [0.15, 0.2) is 11.6 Å². The number of pyridine rings is 4. The van der Waals surface area contributed by atoms with Gasteiger partial charge in [-0.15, -0.1) is 0 Å². The first kappa shape index (κ1) is 22.2. The number of rotatable bonds is 5. The van der Waals surface area contributed by atoms with E-state index in [1.165, 1.54) is 12.4 Å². The van der Waals surface area contributed by atoms with Crippen LogP contribution >= 0.6 is 0 Å². The van der Waals surface area contributed by atoms with Crippen LogP contribution in [-0.4, -0.2) is 46.0 Å². The highest BCUT2D eigenvalue weighted by atomic mass is 19.1. The molecule has 0 aliphatic heterocycles. The van der Waals surface area contributed by atoms with Crippen molar-refractivity contribution in [1.82, 2.24) is 40.1 Å². The van der Waals surface area contributed by atoms with Crippen molar-refractivity contribution in [1.29, 1.82) is 0 Å². The maximum atomic E-state index is 16.0. The zero-order chi connectivity index (χ0) is 25.6. The predicted octanol–water partition coefficient (Wildman–Crippen LogP) is 4.90. The van der Waals surface area contributed by atoms with Gasteiger partial charge in [-0.25, -0.2) is 9.37 Å². The van der Waals surface area contributed by atoms with Gasteiger partial charge in [0.2, 0.25) is 5.91 Å². The molecule has 0 spiro atoms. The van der Waals surface area contributed by atoms with Crippen LogP contribution in [0.4, 0.5) is 10.1 Å². The number of carbonyl (C=O) groups is 1. The first-order valence-electron chi connectivity index (χ1n) is 12.2. The zero-order valence-corrected chi connectivity index (χ0v) is 19.9. The molecule has 6 heterocycles. The van der Waals surface area contributed by atoms with Gasteiger partial charge in [-0.1, -0.05) is 6.42 Å². The highest BCUT2D eigenvalue weighted by Gasteiger charge is 2.26. The predicted molar refractivity (Wildman–Crippen MR) is 139 cm³/mol. The third-order valence-corrected chi connectivity index (χ3v) is 6.86. The molecular formula is C27H20FN9O. The number of nitrogens with one attached hydrogen (secondary N) is 3. The second-order valence-electron chi connectivity index (χ2n) is 9.24. The maximum Gasteiger partial charge on any atom is 0.227 e. The first-order chi connectivity index (χ1) is 18.7. The molecule has 7 rings (SSSR count). The van der Waals surface area contributed by atoms with E-state index in [2.05, 4.69) is 40.4 Å². The van der Waals surface area contributed by atoms with E-state index in [0.717, 1.165) is 30.3 Å². The van der Waals surface area contributed by atoms with Gasteiger partial charge in [-0.3, -0.25) is 29.8 Å². The van der Waals surface area contributed by atoms with E-state index >= 15 is 4.39 Å². The van der Waals surface area contributed by atoms with Gasteiger partial charge in [-0.2, -0.15) is 5.10 Å². The fourth-order valence-corrected chi connectivity index (χ4v) is 4.66.